The first-order chi connectivity index (χ1) is 11.0. The molecule has 0 bridgehead atoms. The second-order valence-electron chi connectivity index (χ2n) is 5.29. The lowest BCUT2D eigenvalue weighted by Crippen LogP contribution is -2.40. The fourth-order valence-electron chi connectivity index (χ4n) is 2.21. The summed E-state index contributed by atoms with van der Waals surface area (Å²) >= 11 is 1.01. The number of nitrogens with zero attached hydrogens (tertiary/aromatic N) is 3. The van der Waals surface area contributed by atoms with E-state index in [2.05, 4.69) is 20.5 Å². The summed E-state index contributed by atoms with van der Waals surface area (Å²) in [6.45, 7) is 3.94. The van der Waals surface area contributed by atoms with Crippen molar-refractivity contribution in [3.05, 3.63) is 24.3 Å². The first-order valence-corrected chi connectivity index (χ1v) is 8.15. The quantitative estimate of drug-likeness (QED) is 0.825. The SMILES string of the molecule is CC[C@]1(C)Nc2ccccc2-c2nnc(SCC(=O)O)nc2O1. The van der Waals surface area contributed by atoms with Crippen LogP contribution in [0, 0.1) is 0 Å². The van der Waals surface area contributed by atoms with E-state index in [1.807, 2.05) is 38.1 Å². The molecule has 0 amide bonds. The van der Waals surface area contributed by atoms with Gasteiger partial charge in [0.15, 0.2) is 11.4 Å². The van der Waals surface area contributed by atoms with E-state index in [4.69, 9.17) is 9.84 Å². The predicted octanol–water partition coefficient (Wildman–Crippen LogP) is 2.65. The highest BCUT2D eigenvalue weighted by Gasteiger charge is 2.32. The molecule has 1 aliphatic rings. The smallest absolute Gasteiger partial charge is 0.313 e. The van der Waals surface area contributed by atoms with Gasteiger partial charge in [-0.15, -0.1) is 10.2 Å². The van der Waals surface area contributed by atoms with Crippen molar-refractivity contribution in [3.63, 3.8) is 0 Å². The lowest BCUT2D eigenvalue weighted by atomic mass is 10.1. The number of aromatic nitrogens is 3. The molecule has 0 saturated heterocycles. The van der Waals surface area contributed by atoms with Crippen molar-refractivity contribution in [2.45, 2.75) is 31.1 Å². The Morgan fingerprint density at radius 1 is 1.39 bits per heavy atom. The van der Waals surface area contributed by atoms with Gasteiger partial charge in [0.2, 0.25) is 11.0 Å². The average Bonchev–Trinajstić information content (AvgIpc) is 2.66. The Morgan fingerprint density at radius 2 is 2.17 bits per heavy atom. The highest BCUT2D eigenvalue weighted by atomic mass is 32.2. The van der Waals surface area contributed by atoms with Gasteiger partial charge in [-0.1, -0.05) is 36.9 Å². The molecular weight excluding hydrogens is 316 g/mol. The number of hydrogen-bond acceptors (Lipinski definition) is 7. The summed E-state index contributed by atoms with van der Waals surface area (Å²) in [5.74, 6) is -0.699. The first-order valence-electron chi connectivity index (χ1n) is 7.16. The molecule has 23 heavy (non-hydrogen) atoms. The van der Waals surface area contributed by atoms with E-state index in [1.54, 1.807) is 0 Å². The number of carboxylic acids is 1. The van der Waals surface area contributed by atoms with Gasteiger partial charge in [0, 0.05) is 17.7 Å². The third-order valence-electron chi connectivity index (χ3n) is 3.54. The molecule has 0 fully saturated rings. The molecule has 0 radical (unpaired) electrons. The summed E-state index contributed by atoms with van der Waals surface area (Å²) in [5, 5.41) is 20.6. The van der Waals surface area contributed by atoms with Crippen LogP contribution in [0.3, 0.4) is 0 Å². The number of para-hydroxylation sites is 1. The van der Waals surface area contributed by atoms with Crippen molar-refractivity contribution >= 4 is 23.4 Å². The Hall–Kier alpha value is -2.35. The van der Waals surface area contributed by atoms with Gasteiger partial charge < -0.3 is 15.2 Å². The summed E-state index contributed by atoms with van der Waals surface area (Å²) in [4.78, 5) is 15.0. The Morgan fingerprint density at radius 3 is 2.91 bits per heavy atom. The fourth-order valence-corrected chi connectivity index (χ4v) is 2.71. The zero-order valence-electron chi connectivity index (χ0n) is 12.7. The number of hydrogen-bond donors (Lipinski definition) is 2. The van der Waals surface area contributed by atoms with Gasteiger partial charge in [-0.2, -0.15) is 4.98 Å². The van der Waals surface area contributed by atoms with E-state index in [9.17, 15) is 4.79 Å². The van der Waals surface area contributed by atoms with Crippen LogP contribution in [0.15, 0.2) is 29.4 Å². The van der Waals surface area contributed by atoms with Crippen LogP contribution in [0.25, 0.3) is 11.3 Å². The number of fused-ring (bicyclic) bond motifs is 3. The molecule has 7 nitrogen and oxygen atoms in total. The van der Waals surface area contributed by atoms with E-state index in [0.717, 1.165) is 23.0 Å². The molecule has 120 valence electrons. The number of ether oxygens (including phenoxy) is 1. The minimum absolute atomic E-state index is 0.125. The lowest BCUT2D eigenvalue weighted by Gasteiger charge is -2.29. The highest BCUT2D eigenvalue weighted by Crippen LogP contribution is 2.39. The maximum atomic E-state index is 10.7. The molecule has 1 aromatic heterocycles. The molecule has 8 heteroatoms. The maximum Gasteiger partial charge on any atom is 0.313 e. The van der Waals surface area contributed by atoms with Crippen molar-refractivity contribution in [1.29, 1.82) is 0 Å². The molecule has 2 aromatic rings. The molecule has 1 aromatic carbocycles. The molecule has 0 unspecified atom stereocenters. The van der Waals surface area contributed by atoms with Gasteiger partial charge in [0.1, 0.15) is 0 Å². The molecule has 0 saturated carbocycles. The van der Waals surface area contributed by atoms with Crippen LogP contribution < -0.4 is 10.1 Å². The van der Waals surface area contributed by atoms with E-state index in [0.29, 0.717) is 18.0 Å². The molecular formula is C15H16N4O3S. The van der Waals surface area contributed by atoms with Crippen LogP contribution in [0.5, 0.6) is 5.88 Å². The van der Waals surface area contributed by atoms with Crippen molar-refractivity contribution in [2.75, 3.05) is 11.1 Å². The Labute approximate surface area is 137 Å². The Bertz CT molecular complexity index is 755. The zero-order chi connectivity index (χ0) is 16.4. The number of carbonyl (C=O) groups is 1. The van der Waals surface area contributed by atoms with Gasteiger partial charge in [-0.25, -0.2) is 0 Å². The molecule has 3 rings (SSSR count). The maximum absolute atomic E-state index is 10.7. The summed E-state index contributed by atoms with van der Waals surface area (Å²) in [7, 11) is 0. The van der Waals surface area contributed by atoms with Gasteiger partial charge >= 0.3 is 5.97 Å². The minimum atomic E-state index is -0.931. The van der Waals surface area contributed by atoms with Crippen molar-refractivity contribution < 1.29 is 14.6 Å². The lowest BCUT2D eigenvalue weighted by molar-refractivity contribution is -0.133. The summed E-state index contributed by atoms with van der Waals surface area (Å²) in [6.07, 6.45) is 0.711. The third kappa shape index (κ3) is 3.21. The molecule has 1 aliphatic heterocycles. The van der Waals surface area contributed by atoms with E-state index < -0.39 is 11.7 Å². The summed E-state index contributed by atoms with van der Waals surface area (Å²) < 4.78 is 6.04. The number of carboxylic acid groups (broad SMARTS) is 1. The van der Waals surface area contributed by atoms with Crippen LogP contribution in [0.4, 0.5) is 5.69 Å². The summed E-state index contributed by atoms with van der Waals surface area (Å²) in [6, 6.07) is 7.72. The predicted molar refractivity (Wildman–Crippen MR) is 86.6 cm³/mol. The molecule has 2 N–H and O–H groups in total. The minimum Gasteiger partial charge on any atom is -0.481 e. The van der Waals surface area contributed by atoms with Gasteiger partial charge in [0.25, 0.3) is 0 Å². The fraction of sp³-hybridized carbons (Fsp3) is 0.333. The normalized spacial score (nSPS) is 18.9. The second-order valence-corrected chi connectivity index (χ2v) is 6.23. The van der Waals surface area contributed by atoms with Gasteiger partial charge in [-0.3, -0.25) is 4.79 Å². The van der Waals surface area contributed by atoms with Crippen molar-refractivity contribution in [1.82, 2.24) is 15.2 Å². The number of rotatable bonds is 4. The van der Waals surface area contributed by atoms with Crippen LogP contribution in [0.1, 0.15) is 20.3 Å². The van der Waals surface area contributed by atoms with E-state index >= 15 is 0 Å². The zero-order valence-corrected chi connectivity index (χ0v) is 13.6. The number of benzene rings is 1. The monoisotopic (exact) mass is 332 g/mol. The van der Waals surface area contributed by atoms with Gasteiger partial charge in [0.05, 0.1) is 5.75 Å². The standard InChI is InChI=1S/C15H16N4O3S/c1-3-15(2)17-10-7-5-4-6-9(10)12-13(22-15)16-14(19-18-12)23-8-11(20)21/h4-7,17H,3,8H2,1-2H3,(H,20,21)/t15-/m1/s1. The molecule has 1 atom stereocenters. The molecule has 0 aliphatic carbocycles. The second kappa shape index (κ2) is 6.04. The Kier molecular flexibility index (Phi) is 4.08. The van der Waals surface area contributed by atoms with Crippen LogP contribution in [-0.2, 0) is 4.79 Å². The first kappa shape index (κ1) is 15.5. The number of nitrogens with one attached hydrogen (secondary N) is 1. The van der Waals surface area contributed by atoms with Gasteiger partial charge in [-0.05, 0) is 13.0 Å². The molecule has 2 heterocycles. The largest absolute Gasteiger partial charge is 0.481 e. The van der Waals surface area contributed by atoms with Crippen molar-refractivity contribution in [2.24, 2.45) is 0 Å². The van der Waals surface area contributed by atoms with E-state index in [-0.39, 0.29) is 10.9 Å². The number of anilines is 1. The number of aliphatic carboxylic acids is 1. The number of thioether (sulfide) groups is 1. The average molecular weight is 332 g/mol. The Balaban J connectivity index is 2.06. The van der Waals surface area contributed by atoms with Crippen LogP contribution in [-0.4, -0.2) is 37.7 Å². The van der Waals surface area contributed by atoms with Crippen LogP contribution in [0.2, 0.25) is 0 Å². The highest BCUT2D eigenvalue weighted by molar-refractivity contribution is 7.99. The topological polar surface area (TPSA) is 97.2 Å². The van der Waals surface area contributed by atoms with Crippen LogP contribution >= 0.6 is 11.8 Å². The molecule has 0 spiro atoms. The van der Waals surface area contributed by atoms with Crippen molar-refractivity contribution in [3.8, 4) is 17.1 Å². The summed E-state index contributed by atoms with van der Waals surface area (Å²) in [5.41, 5.74) is 1.67. The third-order valence-corrected chi connectivity index (χ3v) is 4.36. The van der Waals surface area contributed by atoms with E-state index in [1.165, 1.54) is 0 Å².